The highest BCUT2D eigenvalue weighted by atomic mass is 32.2. The van der Waals surface area contributed by atoms with Gasteiger partial charge in [0.2, 0.25) is 0 Å². The number of alkyl halides is 8. The lowest BCUT2D eigenvalue weighted by Crippen LogP contribution is -2.57. The molecule has 264 valence electrons. The third-order valence-corrected chi connectivity index (χ3v) is 10.4. The van der Waals surface area contributed by atoms with Crippen LogP contribution in [0.4, 0.5) is 40.3 Å². The highest BCUT2D eigenvalue weighted by molar-refractivity contribution is 7.91. The zero-order valence-corrected chi connectivity index (χ0v) is 26.6. The maximum absolute atomic E-state index is 14.3. The molecule has 0 spiro atoms. The monoisotopic (exact) mass is 730 g/mol. The van der Waals surface area contributed by atoms with Crippen LogP contribution in [0.2, 0.25) is 0 Å². The highest BCUT2D eigenvalue weighted by Gasteiger charge is 2.47. The van der Waals surface area contributed by atoms with Crippen LogP contribution in [0, 0.1) is 0 Å². The summed E-state index contributed by atoms with van der Waals surface area (Å²) in [6.07, 6.45) is -8.53. The fourth-order valence-electron chi connectivity index (χ4n) is 5.19. The molecule has 3 aromatic rings. The Hall–Kier alpha value is -3.39. The standard InChI is InChI=1S/C29H30F8N4O5S2/c1-2-48(44,45)21-9-5-17(6-10-21)22(15-42)39-25(43)23-13-38-27(47-23)41-12-11-40(14-20(41)16-46-26(30)31)24(29(35,36)37)18-3-7-19(8-4-18)28(32,33)34/h3-10,13,20,22,24,26,42H,2,11-12,14-16H2,1H3,(H,39,43)/t20-,22-,24?/m0/s1. The molecule has 0 aliphatic carbocycles. The van der Waals surface area contributed by atoms with Gasteiger partial charge in [0.15, 0.2) is 15.0 Å². The number of piperazine rings is 1. The van der Waals surface area contributed by atoms with Gasteiger partial charge in [-0.05, 0) is 35.4 Å². The third-order valence-electron chi connectivity index (χ3n) is 7.63. The number of sulfone groups is 1. The Morgan fingerprint density at radius 3 is 2.21 bits per heavy atom. The summed E-state index contributed by atoms with van der Waals surface area (Å²) < 4.78 is 137. The number of carbonyl (C=O) groups is 1. The molecular formula is C29H30F8N4O5S2. The second-order valence-corrected chi connectivity index (χ2v) is 14.0. The summed E-state index contributed by atoms with van der Waals surface area (Å²) in [7, 11) is -3.48. The number of aliphatic hydroxyl groups is 1. The van der Waals surface area contributed by atoms with E-state index in [1.165, 1.54) is 42.3 Å². The Morgan fingerprint density at radius 1 is 1.04 bits per heavy atom. The van der Waals surface area contributed by atoms with Crippen molar-refractivity contribution in [3.05, 3.63) is 76.3 Å². The molecule has 1 aromatic heterocycles. The van der Waals surface area contributed by atoms with Crippen LogP contribution in [-0.2, 0) is 20.8 Å². The van der Waals surface area contributed by atoms with E-state index >= 15 is 0 Å². The number of hydrogen-bond acceptors (Lipinski definition) is 9. The molecule has 1 amide bonds. The van der Waals surface area contributed by atoms with Crippen molar-refractivity contribution >= 4 is 32.2 Å². The number of thiazole rings is 1. The molecular weight excluding hydrogens is 700 g/mol. The van der Waals surface area contributed by atoms with Crippen molar-refractivity contribution in [2.24, 2.45) is 0 Å². The number of anilines is 1. The fourth-order valence-corrected chi connectivity index (χ4v) is 6.99. The van der Waals surface area contributed by atoms with Crippen LogP contribution in [0.15, 0.2) is 59.6 Å². The number of amides is 1. The average molecular weight is 731 g/mol. The van der Waals surface area contributed by atoms with E-state index in [4.69, 9.17) is 0 Å². The Kier molecular flexibility index (Phi) is 11.7. The summed E-state index contributed by atoms with van der Waals surface area (Å²) >= 11 is 0.809. The van der Waals surface area contributed by atoms with Crippen LogP contribution in [0.25, 0.3) is 0 Å². The molecule has 1 unspecified atom stereocenters. The van der Waals surface area contributed by atoms with Crippen molar-refractivity contribution < 1.29 is 58.2 Å². The van der Waals surface area contributed by atoms with Gasteiger partial charge in [-0.1, -0.05) is 42.5 Å². The second kappa shape index (κ2) is 15.0. The SMILES string of the molecule is CCS(=O)(=O)c1ccc([C@H](CO)NC(=O)c2cnc(N3CCN(C(c4ccc(C(F)(F)F)cc4)C(F)(F)F)C[C@H]3COC(F)F)s2)cc1. The van der Waals surface area contributed by atoms with Crippen molar-refractivity contribution in [3.8, 4) is 0 Å². The van der Waals surface area contributed by atoms with Crippen LogP contribution >= 0.6 is 11.3 Å². The molecule has 1 aliphatic heterocycles. The number of ether oxygens (including phenoxy) is 1. The number of hydrogen-bond donors (Lipinski definition) is 2. The number of carbonyl (C=O) groups excluding carboxylic acids is 1. The van der Waals surface area contributed by atoms with Crippen LogP contribution in [-0.4, -0.2) is 86.7 Å². The Labute approximate surface area is 274 Å². The van der Waals surface area contributed by atoms with E-state index in [-0.39, 0.29) is 33.7 Å². The van der Waals surface area contributed by atoms with E-state index in [2.05, 4.69) is 15.0 Å². The van der Waals surface area contributed by atoms with Crippen molar-refractivity contribution in [1.29, 1.82) is 0 Å². The van der Waals surface area contributed by atoms with Crippen LogP contribution in [0.3, 0.4) is 0 Å². The summed E-state index contributed by atoms with van der Waals surface area (Å²) in [4.78, 5) is 19.6. The molecule has 1 fully saturated rings. The lowest BCUT2D eigenvalue weighted by atomic mass is 10.0. The van der Waals surface area contributed by atoms with Crippen LogP contribution in [0.1, 0.15) is 45.4 Å². The van der Waals surface area contributed by atoms with E-state index in [9.17, 15) is 53.4 Å². The number of rotatable bonds is 12. The highest BCUT2D eigenvalue weighted by Crippen LogP contribution is 2.41. The zero-order valence-electron chi connectivity index (χ0n) is 25.0. The van der Waals surface area contributed by atoms with Crippen LogP contribution < -0.4 is 10.2 Å². The molecule has 0 bridgehead atoms. The van der Waals surface area contributed by atoms with Gasteiger partial charge in [0.05, 0.1) is 47.7 Å². The van der Waals surface area contributed by atoms with Gasteiger partial charge in [-0.3, -0.25) is 9.69 Å². The number of halogens is 8. The molecule has 2 N–H and O–H groups in total. The summed E-state index contributed by atoms with van der Waals surface area (Å²) in [6.45, 7) is -4.02. The first-order chi connectivity index (χ1) is 22.4. The van der Waals surface area contributed by atoms with Gasteiger partial charge in [-0.15, -0.1) is 0 Å². The third kappa shape index (κ3) is 8.99. The summed E-state index contributed by atoms with van der Waals surface area (Å²) in [5.41, 5.74) is -1.20. The molecule has 3 atom stereocenters. The lowest BCUT2D eigenvalue weighted by molar-refractivity contribution is -0.191. The summed E-state index contributed by atoms with van der Waals surface area (Å²) in [5, 5.41) is 12.6. The lowest BCUT2D eigenvalue weighted by Gasteiger charge is -2.44. The van der Waals surface area contributed by atoms with E-state index in [0.717, 1.165) is 28.4 Å². The molecule has 1 aliphatic rings. The second-order valence-electron chi connectivity index (χ2n) is 10.7. The normalized spacial score (nSPS) is 17.8. The molecule has 1 saturated heterocycles. The maximum Gasteiger partial charge on any atom is 0.416 e. The van der Waals surface area contributed by atoms with Gasteiger partial charge in [-0.2, -0.15) is 35.1 Å². The van der Waals surface area contributed by atoms with E-state index < -0.39 is 83.7 Å². The Morgan fingerprint density at radius 2 is 1.67 bits per heavy atom. The quantitative estimate of drug-likeness (QED) is 0.237. The molecule has 19 heteroatoms. The number of benzene rings is 2. The van der Waals surface area contributed by atoms with E-state index in [1.807, 2.05) is 0 Å². The molecule has 0 saturated carbocycles. The summed E-state index contributed by atoms with van der Waals surface area (Å²) in [6, 6.07) is 3.68. The van der Waals surface area contributed by atoms with Crippen LogP contribution in [0.5, 0.6) is 0 Å². The van der Waals surface area contributed by atoms with Gasteiger partial charge in [0.1, 0.15) is 10.9 Å². The van der Waals surface area contributed by atoms with Crippen molar-refractivity contribution in [2.75, 3.05) is 43.5 Å². The van der Waals surface area contributed by atoms with Crippen molar-refractivity contribution in [2.45, 2.75) is 48.9 Å². The van der Waals surface area contributed by atoms with Gasteiger partial charge in [-0.25, -0.2) is 13.4 Å². The fraction of sp³-hybridized carbons (Fsp3) is 0.448. The van der Waals surface area contributed by atoms with Crippen molar-refractivity contribution in [3.63, 3.8) is 0 Å². The minimum atomic E-state index is -4.93. The predicted octanol–water partition coefficient (Wildman–Crippen LogP) is 5.45. The average Bonchev–Trinajstić information content (AvgIpc) is 3.52. The topological polar surface area (TPSA) is 112 Å². The first-order valence-electron chi connectivity index (χ1n) is 14.3. The Balaban J connectivity index is 1.52. The molecule has 0 radical (unpaired) electrons. The largest absolute Gasteiger partial charge is 0.416 e. The number of aromatic nitrogens is 1. The van der Waals surface area contributed by atoms with Gasteiger partial charge in [0, 0.05) is 19.6 Å². The number of nitrogens with zero attached hydrogens (tertiary/aromatic N) is 3. The van der Waals surface area contributed by atoms with Gasteiger partial charge >= 0.3 is 19.0 Å². The smallest absolute Gasteiger partial charge is 0.394 e. The minimum Gasteiger partial charge on any atom is -0.394 e. The predicted molar refractivity (Wildman–Crippen MR) is 158 cm³/mol. The van der Waals surface area contributed by atoms with Crippen molar-refractivity contribution in [1.82, 2.24) is 15.2 Å². The maximum atomic E-state index is 14.3. The van der Waals surface area contributed by atoms with Gasteiger partial charge in [0.25, 0.3) is 5.91 Å². The minimum absolute atomic E-state index is 0.0162. The molecule has 4 rings (SSSR count). The van der Waals surface area contributed by atoms with E-state index in [1.54, 1.807) is 0 Å². The molecule has 9 nitrogen and oxygen atoms in total. The first kappa shape index (κ1) is 37.4. The Bertz CT molecular complexity index is 1630. The molecule has 48 heavy (non-hydrogen) atoms. The zero-order chi connectivity index (χ0) is 35.4. The van der Waals surface area contributed by atoms with Gasteiger partial charge < -0.3 is 20.1 Å². The molecule has 2 aromatic carbocycles. The van der Waals surface area contributed by atoms with E-state index in [0.29, 0.717) is 17.7 Å². The number of aliphatic hydroxyl groups excluding tert-OH is 1. The first-order valence-corrected chi connectivity index (χ1v) is 16.8. The summed E-state index contributed by atoms with van der Waals surface area (Å²) in [5.74, 6) is -0.812. The number of nitrogens with one attached hydrogen (secondary N) is 1. The molecule has 2 heterocycles.